The Labute approximate surface area is 122 Å². The van der Waals surface area contributed by atoms with Crippen LogP contribution in [0.1, 0.15) is 12.0 Å². The predicted octanol–water partition coefficient (Wildman–Crippen LogP) is 0.211. The Morgan fingerprint density at radius 1 is 1.43 bits per heavy atom. The molecule has 1 aliphatic heterocycles. The number of aliphatic hydroxyl groups is 1. The highest BCUT2D eigenvalue weighted by Gasteiger charge is 2.27. The highest BCUT2D eigenvalue weighted by molar-refractivity contribution is 5.82. The van der Waals surface area contributed by atoms with E-state index in [9.17, 15) is 9.90 Å². The molecule has 3 rings (SSSR count). The first-order chi connectivity index (χ1) is 10.2. The number of nitrogens with one attached hydrogen (secondary N) is 2. The average Bonchev–Trinajstić information content (AvgIpc) is 3.16. The number of β-amino-alcohol motifs (C(OH)–C–C–N with tert-alkyl or cyclic N) is 1. The Hall–Kier alpha value is -2.18. The second-order valence-electron chi connectivity index (χ2n) is 5.19. The summed E-state index contributed by atoms with van der Waals surface area (Å²) in [6.45, 7) is 0.961. The Morgan fingerprint density at radius 3 is 2.86 bits per heavy atom. The monoisotopic (exact) mass is 286 g/mol. The zero-order valence-corrected chi connectivity index (χ0v) is 11.6. The molecule has 0 saturated carbocycles. The third-order valence-electron chi connectivity index (χ3n) is 3.60. The molecule has 2 aromatic rings. The van der Waals surface area contributed by atoms with Crippen LogP contribution in [0, 0.1) is 0 Å². The maximum absolute atomic E-state index is 11.9. The number of carbonyl (C=O) groups is 1. The zero-order valence-electron chi connectivity index (χ0n) is 11.6. The van der Waals surface area contributed by atoms with Crippen molar-refractivity contribution in [2.24, 2.45) is 0 Å². The quantitative estimate of drug-likeness (QED) is 0.751. The summed E-state index contributed by atoms with van der Waals surface area (Å²) >= 11 is 0. The molecule has 6 nitrogen and oxygen atoms in total. The Morgan fingerprint density at radius 2 is 2.24 bits per heavy atom. The predicted molar refractivity (Wildman–Crippen MR) is 77.8 cm³/mol. The van der Waals surface area contributed by atoms with E-state index in [4.69, 9.17) is 0 Å². The van der Waals surface area contributed by atoms with Crippen molar-refractivity contribution in [2.75, 3.05) is 6.54 Å². The summed E-state index contributed by atoms with van der Waals surface area (Å²) in [6.07, 6.45) is 3.67. The molecule has 6 heteroatoms. The SMILES string of the molecule is O=C(NCc1ccc(-n2cccn2)cc1)C1CC(O)CN1. The van der Waals surface area contributed by atoms with Gasteiger partial charge in [0, 0.05) is 25.5 Å². The van der Waals surface area contributed by atoms with Gasteiger partial charge in [-0.15, -0.1) is 0 Å². The maximum Gasteiger partial charge on any atom is 0.237 e. The van der Waals surface area contributed by atoms with Gasteiger partial charge >= 0.3 is 0 Å². The van der Waals surface area contributed by atoms with Gasteiger partial charge in [-0.1, -0.05) is 12.1 Å². The summed E-state index contributed by atoms with van der Waals surface area (Å²) in [7, 11) is 0. The molecule has 0 bridgehead atoms. The number of aromatic nitrogens is 2. The number of benzene rings is 1. The third-order valence-corrected chi connectivity index (χ3v) is 3.60. The molecule has 0 spiro atoms. The first-order valence-electron chi connectivity index (χ1n) is 7.00. The molecule has 2 heterocycles. The Kier molecular flexibility index (Phi) is 3.98. The lowest BCUT2D eigenvalue weighted by atomic mass is 10.1. The topological polar surface area (TPSA) is 79.2 Å². The van der Waals surface area contributed by atoms with Crippen LogP contribution in [-0.2, 0) is 11.3 Å². The molecular weight excluding hydrogens is 268 g/mol. The fraction of sp³-hybridized carbons (Fsp3) is 0.333. The van der Waals surface area contributed by atoms with Crippen molar-refractivity contribution in [3.8, 4) is 5.69 Å². The minimum Gasteiger partial charge on any atom is -0.392 e. The highest BCUT2D eigenvalue weighted by atomic mass is 16.3. The van der Waals surface area contributed by atoms with Crippen molar-refractivity contribution in [1.82, 2.24) is 20.4 Å². The molecular formula is C15H18N4O2. The second-order valence-corrected chi connectivity index (χ2v) is 5.19. The number of aliphatic hydroxyl groups excluding tert-OH is 1. The molecule has 1 fully saturated rings. The van der Waals surface area contributed by atoms with Crippen molar-refractivity contribution in [2.45, 2.75) is 25.1 Å². The normalized spacial score (nSPS) is 21.4. The minimum atomic E-state index is -0.422. The number of carbonyl (C=O) groups excluding carboxylic acids is 1. The van der Waals surface area contributed by atoms with Gasteiger partial charge in [0.05, 0.1) is 17.8 Å². The molecule has 2 atom stereocenters. The lowest BCUT2D eigenvalue weighted by Gasteiger charge is -2.11. The molecule has 0 aliphatic carbocycles. The summed E-state index contributed by atoms with van der Waals surface area (Å²) in [6, 6.07) is 9.45. The molecule has 1 aromatic carbocycles. The van der Waals surface area contributed by atoms with Crippen molar-refractivity contribution < 1.29 is 9.90 Å². The van der Waals surface area contributed by atoms with Crippen molar-refractivity contribution in [1.29, 1.82) is 0 Å². The van der Waals surface area contributed by atoms with Crippen LogP contribution in [0.5, 0.6) is 0 Å². The summed E-state index contributed by atoms with van der Waals surface area (Å²) in [4.78, 5) is 11.9. The molecule has 1 amide bonds. The largest absolute Gasteiger partial charge is 0.392 e. The number of hydrogen-bond donors (Lipinski definition) is 3. The van der Waals surface area contributed by atoms with Crippen LogP contribution < -0.4 is 10.6 Å². The van der Waals surface area contributed by atoms with Gasteiger partial charge in [0.25, 0.3) is 0 Å². The Bertz CT molecular complexity index is 595. The Balaban J connectivity index is 1.55. The summed E-state index contributed by atoms with van der Waals surface area (Å²) in [5.74, 6) is -0.0669. The van der Waals surface area contributed by atoms with E-state index in [-0.39, 0.29) is 11.9 Å². The van der Waals surface area contributed by atoms with E-state index in [2.05, 4.69) is 15.7 Å². The first-order valence-corrected chi connectivity index (χ1v) is 7.00. The van der Waals surface area contributed by atoms with Crippen molar-refractivity contribution >= 4 is 5.91 Å². The summed E-state index contributed by atoms with van der Waals surface area (Å²) in [5.41, 5.74) is 2.01. The van der Waals surface area contributed by atoms with Crippen LogP contribution in [0.3, 0.4) is 0 Å². The number of rotatable bonds is 4. The van der Waals surface area contributed by atoms with Gasteiger partial charge in [-0.25, -0.2) is 4.68 Å². The van der Waals surface area contributed by atoms with Gasteiger partial charge in [0.15, 0.2) is 0 Å². The van der Waals surface area contributed by atoms with Crippen LogP contribution in [0.15, 0.2) is 42.7 Å². The van der Waals surface area contributed by atoms with E-state index in [0.29, 0.717) is 19.5 Å². The fourth-order valence-electron chi connectivity index (χ4n) is 2.42. The van der Waals surface area contributed by atoms with Crippen LogP contribution >= 0.6 is 0 Å². The van der Waals surface area contributed by atoms with E-state index in [1.165, 1.54) is 0 Å². The standard InChI is InChI=1S/C15H18N4O2/c20-13-8-14(16-10-13)15(21)17-9-11-2-4-12(5-3-11)19-7-1-6-18-19/h1-7,13-14,16,20H,8-10H2,(H,17,21). The van der Waals surface area contributed by atoms with Gasteiger partial charge in [-0.05, 0) is 30.2 Å². The van der Waals surface area contributed by atoms with E-state index in [1.807, 2.05) is 36.5 Å². The second kappa shape index (κ2) is 6.07. The molecule has 1 aromatic heterocycles. The number of nitrogens with zero attached hydrogens (tertiary/aromatic N) is 2. The molecule has 0 radical (unpaired) electrons. The molecule has 1 saturated heterocycles. The van der Waals surface area contributed by atoms with Gasteiger partial charge in [0.1, 0.15) is 0 Å². The third kappa shape index (κ3) is 3.29. The van der Waals surface area contributed by atoms with Crippen LogP contribution in [0.25, 0.3) is 5.69 Å². The molecule has 110 valence electrons. The van der Waals surface area contributed by atoms with Gasteiger partial charge < -0.3 is 15.7 Å². The fourth-order valence-corrected chi connectivity index (χ4v) is 2.42. The van der Waals surface area contributed by atoms with Gasteiger partial charge in [0.2, 0.25) is 5.91 Å². The van der Waals surface area contributed by atoms with Gasteiger partial charge in [-0.2, -0.15) is 5.10 Å². The number of amides is 1. The van der Waals surface area contributed by atoms with Crippen LogP contribution in [0.2, 0.25) is 0 Å². The minimum absolute atomic E-state index is 0.0669. The van der Waals surface area contributed by atoms with Crippen molar-refractivity contribution in [3.63, 3.8) is 0 Å². The zero-order chi connectivity index (χ0) is 14.7. The average molecular weight is 286 g/mol. The number of hydrogen-bond acceptors (Lipinski definition) is 4. The van der Waals surface area contributed by atoms with Crippen molar-refractivity contribution in [3.05, 3.63) is 48.3 Å². The highest BCUT2D eigenvalue weighted by Crippen LogP contribution is 2.09. The molecule has 3 N–H and O–H groups in total. The molecule has 1 aliphatic rings. The van der Waals surface area contributed by atoms with E-state index in [1.54, 1.807) is 10.9 Å². The summed E-state index contributed by atoms with van der Waals surface area (Å²) < 4.78 is 1.78. The van der Waals surface area contributed by atoms with E-state index >= 15 is 0 Å². The van der Waals surface area contributed by atoms with Crippen LogP contribution in [0.4, 0.5) is 0 Å². The lowest BCUT2D eigenvalue weighted by Crippen LogP contribution is -2.39. The van der Waals surface area contributed by atoms with Crippen LogP contribution in [-0.4, -0.2) is 39.5 Å². The first kappa shape index (κ1) is 13.8. The van der Waals surface area contributed by atoms with E-state index < -0.39 is 6.10 Å². The molecule has 21 heavy (non-hydrogen) atoms. The summed E-state index contributed by atoms with van der Waals surface area (Å²) in [5, 5.41) is 19.4. The van der Waals surface area contributed by atoms with Gasteiger partial charge in [-0.3, -0.25) is 4.79 Å². The van der Waals surface area contributed by atoms with E-state index in [0.717, 1.165) is 11.3 Å². The maximum atomic E-state index is 11.9. The lowest BCUT2D eigenvalue weighted by molar-refractivity contribution is -0.123. The smallest absolute Gasteiger partial charge is 0.237 e. The molecule has 2 unspecified atom stereocenters.